The number of aliphatic hydroxyl groups is 5. The molecular weight excluding hydrogens is 840 g/mol. The largest absolute Gasteiger partial charge is 0.504 e. The van der Waals surface area contributed by atoms with Crippen LogP contribution in [0.4, 0.5) is 5.69 Å². The molecule has 20 nitrogen and oxygen atoms in total. The second-order valence-electron chi connectivity index (χ2n) is 16.0. The number of phenolic OH excluding ortho intramolecular Hbond substituents is 2. The number of hydrogen-bond donors (Lipinski definition) is 11. The molecule has 5 rings (SSSR count). The van der Waals surface area contributed by atoms with Crippen LogP contribution in [0.15, 0.2) is 47.5 Å². The van der Waals surface area contributed by atoms with Crippen molar-refractivity contribution in [2.45, 2.75) is 102 Å². The highest BCUT2D eigenvalue weighted by Crippen LogP contribution is 2.47. The number of phenols is 2. The lowest BCUT2D eigenvalue weighted by Gasteiger charge is -2.41. The first-order valence-electron chi connectivity index (χ1n) is 21.1. The number of carbonyl (C=O) groups is 2. The summed E-state index contributed by atoms with van der Waals surface area (Å²) in [5.74, 6) is -4.82. The van der Waals surface area contributed by atoms with Crippen LogP contribution in [0.3, 0.4) is 0 Å². The van der Waals surface area contributed by atoms with Crippen LogP contribution in [0.5, 0.6) is 34.5 Å². The smallest absolute Gasteiger partial charge is 0.344 e. The zero-order valence-corrected chi connectivity index (χ0v) is 36.2. The first-order chi connectivity index (χ1) is 30.6. The third kappa shape index (κ3) is 12.1. The minimum absolute atomic E-state index is 0.000965. The summed E-state index contributed by atoms with van der Waals surface area (Å²) in [7, 11) is 1.19. The number of fused-ring (bicyclic) bond motifs is 1. The zero-order chi connectivity index (χ0) is 46.7. The number of nitrogens with zero attached hydrogens (tertiary/aromatic N) is 1. The van der Waals surface area contributed by atoms with Crippen LogP contribution >= 0.6 is 0 Å². The number of benzene rings is 3. The lowest BCUT2D eigenvalue weighted by atomic mass is 9.87. The van der Waals surface area contributed by atoms with Crippen molar-refractivity contribution in [2.75, 3.05) is 38.9 Å². The van der Waals surface area contributed by atoms with Gasteiger partial charge in [0, 0.05) is 43.3 Å². The number of nitrogens with one attached hydrogen (secondary N) is 2. The number of guanidine groups is 1. The minimum atomic E-state index is -2.39. The SMILES string of the molecule is COc1cc(C(=O)O[C@H](O)[C@H]2O[C@@H](Oc3c(OCN=C(N)NCCCCO)cc(C(=O)O)c4c3CC[C@@H](CC(C)C)[C@@H](C)N4)[C@H](O)[C@@H](O)[C@@H]2O)c(O)c(OCCc2ccccc2)c1O. The highest BCUT2D eigenvalue weighted by atomic mass is 16.7. The summed E-state index contributed by atoms with van der Waals surface area (Å²) in [4.78, 5) is 30.4. The molecule has 2 aliphatic heterocycles. The summed E-state index contributed by atoms with van der Waals surface area (Å²) in [5.41, 5.74) is 6.63. The van der Waals surface area contributed by atoms with Gasteiger partial charge in [-0.25, -0.2) is 14.6 Å². The highest BCUT2D eigenvalue weighted by Gasteiger charge is 2.49. The van der Waals surface area contributed by atoms with Gasteiger partial charge >= 0.3 is 11.9 Å². The van der Waals surface area contributed by atoms with Crippen LogP contribution in [-0.2, 0) is 22.3 Å². The Bertz CT molecular complexity index is 2070. The summed E-state index contributed by atoms with van der Waals surface area (Å²) < 4.78 is 34.1. The molecule has 0 radical (unpaired) electrons. The molecule has 1 fully saturated rings. The van der Waals surface area contributed by atoms with E-state index in [1.807, 2.05) is 37.3 Å². The zero-order valence-electron chi connectivity index (χ0n) is 36.2. The van der Waals surface area contributed by atoms with E-state index in [-0.39, 0.29) is 66.1 Å². The Kier molecular flexibility index (Phi) is 17.5. The van der Waals surface area contributed by atoms with Crippen LogP contribution in [0, 0.1) is 11.8 Å². The number of carboxylic acids is 1. The molecule has 2 aliphatic rings. The fraction of sp³-hybridized carbons (Fsp3) is 0.523. The van der Waals surface area contributed by atoms with E-state index >= 15 is 0 Å². The van der Waals surface area contributed by atoms with Gasteiger partial charge in [0.1, 0.15) is 23.9 Å². The van der Waals surface area contributed by atoms with E-state index in [0.717, 1.165) is 18.1 Å². The molecule has 0 spiro atoms. The standard InChI is InChI=1S/C44H60N4O16/c1-22(2)18-25-12-13-26-31(48-23(25)3)27(40(55)56)19-30(61-21-47-44(45)46-15-8-9-16-49)37(26)62-43-36(54)34(52)35(53)39(63-43)42(58)64-41(57)28-20-29(59-4)33(51)38(32(28)50)60-17-14-24-10-6-5-7-11-24/h5-7,10-11,19-20,22-23,25,34-36,39,42-43,48-54,58H,8-9,12-18,21H2,1-4H3,(H,55,56)(H3,45,46,47)/t23-,25+,34+,35+,36-,39+,42+,43-/m1/s1. The van der Waals surface area contributed by atoms with Gasteiger partial charge in [0.25, 0.3) is 0 Å². The van der Waals surface area contributed by atoms with Crippen molar-refractivity contribution < 1.29 is 78.9 Å². The fourth-order valence-electron chi connectivity index (χ4n) is 7.58. The number of ether oxygens (including phenoxy) is 6. The average molecular weight is 901 g/mol. The number of aliphatic hydroxyl groups excluding tert-OH is 5. The van der Waals surface area contributed by atoms with Gasteiger partial charge in [0.15, 0.2) is 41.8 Å². The molecular formula is C44H60N4O16. The minimum Gasteiger partial charge on any atom is -0.504 e. The van der Waals surface area contributed by atoms with Crippen LogP contribution < -0.4 is 35.3 Å². The summed E-state index contributed by atoms with van der Waals surface area (Å²) in [6.45, 7) is 6.05. The molecule has 2 heterocycles. The maximum Gasteiger partial charge on any atom is 0.344 e. The van der Waals surface area contributed by atoms with E-state index < -0.39 is 78.5 Å². The molecule has 1 saturated heterocycles. The molecule has 3 aromatic carbocycles. The van der Waals surface area contributed by atoms with Crippen LogP contribution in [0.25, 0.3) is 0 Å². The molecule has 352 valence electrons. The number of aromatic hydroxyl groups is 2. The number of methoxy groups -OCH3 is 1. The van der Waals surface area contributed by atoms with Crippen molar-refractivity contribution >= 4 is 23.6 Å². The Labute approximate surface area is 370 Å². The monoisotopic (exact) mass is 900 g/mol. The number of aromatic carboxylic acids is 1. The molecule has 0 saturated carbocycles. The van der Waals surface area contributed by atoms with E-state index in [2.05, 4.69) is 29.5 Å². The van der Waals surface area contributed by atoms with Crippen LogP contribution in [0.2, 0.25) is 0 Å². The van der Waals surface area contributed by atoms with E-state index in [1.165, 1.54) is 13.2 Å². The number of carboxylic acid groups (broad SMARTS) is 1. The van der Waals surface area contributed by atoms with Gasteiger partial charge in [-0.15, -0.1) is 0 Å². The third-order valence-electron chi connectivity index (χ3n) is 11.0. The number of rotatable bonds is 20. The number of aliphatic imine (C=N–C) groups is 1. The van der Waals surface area contributed by atoms with Crippen LogP contribution in [-0.4, -0.2) is 135 Å². The predicted octanol–water partition coefficient (Wildman–Crippen LogP) is 2.21. The molecule has 0 aliphatic carbocycles. The molecule has 12 N–H and O–H groups in total. The van der Waals surface area contributed by atoms with Crippen molar-refractivity contribution in [3.8, 4) is 34.5 Å². The van der Waals surface area contributed by atoms with Gasteiger partial charge in [-0.3, -0.25) is 0 Å². The molecule has 0 bridgehead atoms. The molecule has 8 atom stereocenters. The van der Waals surface area contributed by atoms with Crippen molar-refractivity contribution in [3.05, 3.63) is 64.7 Å². The molecule has 0 aromatic heterocycles. The second kappa shape index (κ2) is 22.7. The second-order valence-corrected chi connectivity index (χ2v) is 16.0. The third-order valence-corrected chi connectivity index (χ3v) is 11.0. The Hall–Kier alpha value is -5.77. The summed E-state index contributed by atoms with van der Waals surface area (Å²) in [6.07, 6.45) is -9.29. The van der Waals surface area contributed by atoms with Crippen LogP contribution in [0.1, 0.15) is 78.3 Å². The number of carbonyl (C=O) groups excluding carboxylic acids is 1. The number of esters is 1. The molecule has 0 amide bonds. The van der Waals surface area contributed by atoms with Gasteiger partial charge in [-0.1, -0.05) is 44.2 Å². The lowest BCUT2D eigenvalue weighted by molar-refractivity contribution is -0.309. The molecule has 64 heavy (non-hydrogen) atoms. The Balaban J connectivity index is 1.43. The number of unbranched alkanes of at least 4 members (excludes halogenated alkanes) is 1. The van der Waals surface area contributed by atoms with Gasteiger partial charge in [0.05, 0.1) is 25.0 Å². The molecule has 20 heteroatoms. The van der Waals surface area contributed by atoms with Gasteiger partial charge < -0.3 is 85.6 Å². The number of hydrogen-bond acceptors (Lipinski definition) is 17. The van der Waals surface area contributed by atoms with Gasteiger partial charge in [-0.05, 0) is 56.4 Å². The first kappa shape index (κ1) is 49.2. The highest BCUT2D eigenvalue weighted by molar-refractivity contribution is 5.97. The Morgan fingerprint density at radius 2 is 1.70 bits per heavy atom. The van der Waals surface area contributed by atoms with Crippen molar-refractivity contribution in [2.24, 2.45) is 22.6 Å². The van der Waals surface area contributed by atoms with E-state index in [1.54, 1.807) is 0 Å². The molecule has 3 aromatic rings. The quantitative estimate of drug-likeness (QED) is 0.0255. The number of anilines is 1. The van der Waals surface area contributed by atoms with Crippen molar-refractivity contribution in [3.63, 3.8) is 0 Å². The maximum atomic E-state index is 13.5. The lowest BCUT2D eigenvalue weighted by Crippen LogP contribution is -2.62. The molecule has 0 unspecified atom stereocenters. The average Bonchev–Trinajstić information content (AvgIpc) is 3.41. The van der Waals surface area contributed by atoms with Crippen molar-refractivity contribution in [1.82, 2.24) is 5.32 Å². The summed E-state index contributed by atoms with van der Waals surface area (Å²) in [6, 6.07) is 11.1. The Morgan fingerprint density at radius 1 is 0.984 bits per heavy atom. The van der Waals surface area contributed by atoms with E-state index in [4.69, 9.17) is 39.3 Å². The Morgan fingerprint density at radius 3 is 2.38 bits per heavy atom. The summed E-state index contributed by atoms with van der Waals surface area (Å²) in [5, 5.41) is 92.0. The fourth-order valence-corrected chi connectivity index (χ4v) is 7.58. The van der Waals surface area contributed by atoms with Gasteiger partial charge in [0.2, 0.25) is 24.1 Å². The van der Waals surface area contributed by atoms with Gasteiger partial charge in [-0.2, -0.15) is 0 Å². The normalized spacial score (nSPS) is 22.7. The number of nitrogens with two attached hydrogens (primary N) is 1. The maximum absolute atomic E-state index is 13.5. The first-order valence-corrected chi connectivity index (χ1v) is 21.1. The van der Waals surface area contributed by atoms with Crippen molar-refractivity contribution in [1.29, 1.82) is 0 Å². The predicted molar refractivity (Wildman–Crippen MR) is 230 cm³/mol. The summed E-state index contributed by atoms with van der Waals surface area (Å²) >= 11 is 0. The topological polar surface area (TPSA) is 314 Å². The van der Waals surface area contributed by atoms with E-state index in [0.29, 0.717) is 43.7 Å². The van der Waals surface area contributed by atoms with E-state index in [9.17, 15) is 45.3 Å².